The molecule has 0 saturated carbocycles. The third-order valence-corrected chi connectivity index (χ3v) is 15.4. The number of benzene rings is 8. The Balaban J connectivity index is 0.000000219. The van der Waals surface area contributed by atoms with E-state index < -0.39 is 109 Å². The van der Waals surface area contributed by atoms with E-state index in [-0.39, 0.29) is 22.4 Å². The molecule has 0 unspecified atom stereocenters. The van der Waals surface area contributed by atoms with Gasteiger partial charge in [-0.05, 0) is 72.8 Å². The second-order valence-electron chi connectivity index (χ2n) is 14.8. The van der Waals surface area contributed by atoms with Gasteiger partial charge in [0.15, 0.2) is 46.5 Å². The van der Waals surface area contributed by atoms with Gasteiger partial charge in [-0.3, -0.25) is 0 Å². The molecule has 386 valence electrons. The summed E-state index contributed by atoms with van der Waals surface area (Å²) in [5, 5.41) is 10.4. The summed E-state index contributed by atoms with van der Waals surface area (Å²) in [5.74, 6) is -36.1. The second-order valence-corrected chi connectivity index (χ2v) is 19.7. The fourth-order valence-corrected chi connectivity index (χ4v) is 11.8. The number of halogens is 16. The first-order chi connectivity index (χ1) is 34.7. The van der Waals surface area contributed by atoms with Crippen LogP contribution in [0.2, 0.25) is 0 Å². The molecule has 0 aliphatic rings. The first kappa shape index (κ1) is 58.3. The minimum Gasteiger partial charge on any atom is -0.427 e. The van der Waals surface area contributed by atoms with Gasteiger partial charge >= 0.3 is 34.7 Å². The van der Waals surface area contributed by atoms with Crippen LogP contribution in [0.4, 0.5) is 81.6 Å². The third kappa shape index (κ3) is 14.4. The van der Waals surface area contributed by atoms with Gasteiger partial charge in [0.25, 0.3) is 0 Å². The van der Waals surface area contributed by atoms with E-state index in [2.05, 4.69) is 182 Å². The van der Waals surface area contributed by atoms with Crippen molar-refractivity contribution in [3.63, 3.8) is 0 Å². The largest absolute Gasteiger partial charge is 1.00 e. The third-order valence-electron chi connectivity index (χ3n) is 9.90. The van der Waals surface area contributed by atoms with Crippen molar-refractivity contribution in [3.05, 3.63) is 245 Å². The van der Waals surface area contributed by atoms with Gasteiger partial charge < -0.3 is 10.3 Å². The van der Waals surface area contributed by atoms with Crippen LogP contribution in [-0.4, -0.2) is 24.0 Å². The van der Waals surface area contributed by atoms with E-state index in [0.717, 1.165) is 0 Å². The van der Waals surface area contributed by atoms with Crippen molar-refractivity contribution in [1.29, 1.82) is 0 Å². The monoisotopic (exact) mass is 1170 g/mol. The van der Waals surface area contributed by atoms with E-state index >= 15 is 0 Å². The van der Waals surface area contributed by atoms with E-state index in [9.17, 15) is 70.2 Å². The first-order valence-electron chi connectivity index (χ1n) is 20.8. The topological polar surface area (TPSA) is 38.8 Å². The van der Waals surface area contributed by atoms with E-state index in [1.54, 1.807) is 4.99 Å². The molecule has 8 aromatic rings. The number of rotatable bonds is 8. The molecule has 8 rings (SSSR count). The summed E-state index contributed by atoms with van der Waals surface area (Å²) in [5.41, 5.74) is -5.37. The van der Waals surface area contributed by atoms with Crippen molar-refractivity contribution >= 4 is 70.7 Å². The number of nitrogens with zero attached hydrogens (tertiary/aromatic N) is 3. The Morgan fingerprint density at radius 1 is 0.324 bits per heavy atom. The van der Waals surface area contributed by atoms with E-state index in [0.29, 0.717) is 0 Å². The summed E-state index contributed by atoms with van der Waals surface area (Å²) in [7, 11) is -1.75. The maximum Gasteiger partial charge on any atom is 1.00 e. The molecule has 0 aromatic heterocycles. The minimum atomic E-state index is -6.30. The van der Waals surface area contributed by atoms with Crippen molar-refractivity contribution in [2.24, 2.45) is 9.98 Å². The van der Waals surface area contributed by atoms with Gasteiger partial charge in [0.2, 0.25) is 11.6 Å². The van der Waals surface area contributed by atoms with Gasteiger partial charge in [-0.15, -0.1) is 0 Å². The molecule has 3 nitrogen and oxygen atoms in total. The Hall–Kier alpha value is -6.62. The molecule has 0 radical (unpaired) electrons. The number of hydrogen-bond acceptors (Lipinski definition) is 1. The van der Waals surface area contributed by atoms with Crippen LogP contribution in [0.3, 0.4) is 0 Å². The molecule has 0 heterocycles. The second kappa shape index (κ2) is 26.0. The molecule has 0 amide bonds. The standard InChI is InChI=1S/2C18H15P.C16F16N3.Ag/c2*1-4-10-16(11-5-1)19(17-12-6-2-7-13-17)18-14-8-3-9-15-18;17-1-3(19)7(23)11(8(24)4(1)20)33-13(15(27,28)29)35-14(16(30,31)32)34-12-9(25)5(21)2(18)6(22)10(12)26;/h2*1-15H;;/q;;-1;+1/p+2. The van der Waals surface area contributed by atoms with Gasteiger partial charge in [0, 0.05) is 11.5 Å². The summed E-state index contributed by atoms with van der Waals surface area (Å²) in [4.78, 5) is 3.48. The van der Waals surface area contributed by atoms with Crippen LogP contribution >= 0.6 is 15.8 Å². The van der Waals surface area contributed by atoms with Gasteiger partial charge in [-0.1, -0.05) is 109 Å². The molecule has 0 atom stereocenters. The molecule has 8 aromatic carbocycles. The zero-order valence-corrected chi connectivity index (χ0v) is 40.5. The molecule has 0 bridgehead atoms. The van der Waals surface area contributed by atoms with Crippen molar-refractivity contribution in [2.45, 2.75) is 12.4 Å². The molecular formula is C52H32AgF16N3P2+2. The number of alkyl halides is 6. The number of hydrogen-bond donors (Lipinski definition) is 0. The SMILES string of the molecule is Fc1c(F)c(F)c(N=C(N=C([N-]c2c(F)c(F)c(F)c(F)c2F)C(F)(F)F)C(F)(F)F)c(F)c1F.[Ag+].c1ccc([PH+](c2ccccc2)c2ccccc2)cc1.c1ccc([PH+](c2ccccc2)c2ccccc2)cc1. The summed E-state index contributed by atoms with van der Waals surface area (Å²) >= 11 is 0. The van der Waals surface area contributed by atoms with Gasteiger partial charge in [0.1, 0.15) is 43.4 Å². The Morgan fingerprint density at radius 3 is 0.784 bits per heavy atom. The zero-order valence-electron chi connectivity index (χ0n) is 37.0. The van der Waals surface area contributed by atoms with Crippen LogP contribution in [0.1, 0.15) is 0 Å². The predicted octanol–water partition coefficient (Wildman–Crippen LogP) is 13.7. The van der Waals surface area contributed by atoms with Crippen LogP contribution in [0.5, 0.6) is 0 Å². The van der Waals surface area contributed by atoms with E-state index in [1.165, 1.54) is 31.8 Å². The number of aliphatic imine (C=N–C) groups is 2. The minimum absolute atomic E-state index is 0. The Bertz CT molecular complexity index is 2810. The molecular weight excluding hydrogens is 1140 g/mol. The molecule has 0 saturated heterocycles. The van der Waals surface area contributed by atoms with Crippen LogP contribution in [0, 0.1) is 58.2 Å². The Labute approximate surface area is 429 Å². The quantitative estimate of drug-likeness (QED) is 0.0277. The van der Waals surface area contributed by atoms with Crippen molar-refractivity contribution < 1.29 is 92.6 Å². The number of amidine groups is 2. The van der Waals surface area contributed by atoms with Crippen molar-refractivity contribution in [2.75, 3.05) is 0 Å². The summed E-state index contributed by atoms with van der Waals surface area (Å²) in [6, 6.07) is 65.0. The van der Waals surface area contributed by atoms with Crippen LogP contribution < -0.4 is 31.8 Å². The van der Waals surface area contributed by atoms with Crippen LogP contribution in [-0.2, 0) is 22.4 Å². The van der Waals surface area contributed by atoms with E-state index in [4.69, 9.17) is 0 Å². The Morgan fingerprint density at radius 2 is 0.554 bits per heavy atom. The average Bonchev–Trinajstić information content (AvgIpc) is 3.39. The molecule has 0 aliphatic carbocycles. The Kier molecular flexibility index (Phi) is 20.5. The van der Waals surface area contributed by atoms with Crippen LogP contribution in [0.25, 0.3) is 5.32 Å². The zero-order chi connectivity index (χ0) is 53.0. The van der Waals surface area contributed by atoms with Gasteiger partial charge in [0.05, 0.1) is 15.8 Å². The van der Waals surface area contributed by atoms with Crippen molar-refractivity contribution in [1.82, 2.24) is 0 Å². The molecule has 22 heteroatoms. The fraction of sp³-hybridized carbons (Fsp3) is 0.0385. The molecule has 74 heavy (non-hydrogen) atoms. The predicted molar refractivity (Wildman–Crippen MR) is 255 cm³/mol. The first-order valence-corrected chi connectivity index (χ1v) is 23.8. The van der Waals surface area contributed by atoms with Gasteiger partial charge in [-0.2, -0.15) is 26.3 Å². The smallest absolute Gasteiger partial charge is 0.427 e. The normalized spacial score (nSPS) is 11.8. The fourth-order valence-electron chi connectivity index (χ4n) is 6.63. The molecule has 0 fully saturated rings. The van der Waals surface area contributed by atoms with Crippen LogP contribution in [0.15, 0.2) is 192 Å². The van der Waals surface area contributed by atoms with Crippen molar-refractivity contribution in [3.8, 4) is 0 Å². The summed E-state index contributed by atoms with van der Waals surface area (Å²) < 4.78 is 212. The van der Waals surface area contributed by atoms with E-state index in [1.807, 2.05) is 10.3 Å². The maximum absolute atomic E-state index is 13.6. The summed E-state index contributed by atoms with van der Waals surface area (Å²) in [6.07, 6.45) is -12.6. The molecule has 0 N–H and O–H groups in total. The molecule has 0 aliphatic heterocycles. The maximum atomic E-state index is 13.6. The molecule has 0 spiro atoms. The average molecular weight is 1170 g/mol. The van der Waals surface area contributed by atoms with Gasteiger partial charge in [-0.25, -0.2) is 48.9 Å². The summed E-state index contributed by atoms with van der Waals surface area (Å²) in [6.45, 7) is 0.